The molecular formula is C16H23N3O. The minimum Gasteiger partial charge on any atom is -0.494 e. The zero-order valence-corrected chi connectivity index (χ0v) is 12.7. The van der Waals surface area contributed by atoms with Crippen LogP contribution in [0.2, 0.25) is 0 Å². The monoisotopic (exact) mass is 273 g/mol. The van der Waals surface area contributed by atoms with Gasteiger partial charge < -0.3 is 15.0 Å². The van der Waals surface area contributed by atoms with Gasteiger partial charge in [-0.25, -0.2) is 4.98 Å². The van der Waals surface area contributed by atoms with Crippen LogP contribution < -0.4 is 10.5 Å². The maximum absolute atomic E-state index is 5.63. The standard InChI is InChI=1S/C16H23N3O/c1-5-20-16-9-11(2)14(8-12(16)3)15-10-19(7-6-17)13(4)18-15/h8-10H,5-7,17H2,1-4H3. The van der Waals surface area contributed by atoms with Crippen molar-refractivity contribution in [1.82, 2.24) is 9.55 Å². The fourth-order valence-electron chi connectivity index (χ4n) is 2.38. The van der Waals surface area contributed by atoms with Crippen molar-refractivity contribution in [3.05, 3.63) is 35.3 Å². The zero-order valence-electron chi connectivity index (χ0n) is 12.7. The second-order valence-corrected chi connectivity index (χ2v) is 5.02. The Morgan fingerprint density at radius 3 is 2.60 bits per heavy atom. The maximum Gasteiger partial charge on any atom is 0.122 e. The van der Waals surface area contributed by atoms with Gasteiger partial charge in [0.15, 0.2) is 0 Å². The van der Waals surface area contributed by atoms with Gasteiger partial charge in [0.25, 0.3) is 0 Å². The van der Waals surface area contributed by atoms with E-state index < -0.39 is 0 Å². The summed E-state index contributed by atoms with van der Waals surface area (Å²) in [5.41, 5.74) is 10.1. The van der Waals surface area contributed by atoms with Crippen molar-refractivity contribution >= 4 is 0 Å². The highest BCUT2D eigenvalue weighted by Gasteiger charge is 2.11. The lowest BCUT2D eigenvalue weighted by Gasteiger charge is -2.11. The minimum absolute atomic E-state index is 0.623. The first kappa shape index (κ1) is 14.6. The van der Waals surface area contributed by atoms with Crippen LogP contribution in [0.3, 0.4) is 0 Å². The first-order valence-electron chi connectivity index (χ1n) is 7.05. The van der Waals surface area contributed by atoms with E-state index in [0.717, 1.165) is 34.9 Å². The van der Waals surface area contributed by atoms with Gasteiger partial charge in [-0.1, -0.05) is 0 Å². The normalized spacial score (nSPS) is 10.8. The third-order valence-corrected chi connectivity index (χ3v) is 3.44. The van der Waals surface area contributed by atoms with Gasteiger partial charge >= 0.3 is 0 Å². The van der Waals surface area contributed by atoms with Gasteiger partial charge in [-0.05, 0) is 51.0 Å². The molecule has 0 fully saturated rings. The molecule has 0 radical (unpaired) electrons. The summed E-state index contributed by atoms with van der Waals surface area (Å²) in [4.78, 5) is 4.64. The fraction of sp³-hybridized carbons (Fsp3) is 0.438. The van der Waals surface area contributed by atoms with Crippen molar-refractivity contribution in [2.75, 3.05) is 13.2 Å². The van der Waals surface area contributed by atoms with E-state index in [1.807, 2.05) is 13.8 Å². The van der Waals surface area contributed by atoms with Crippen LogP contribution in [-0.2, 0) is 6.54 Å². The Morgan fingerprint density at radius 2 is 1.95 bits per heavy atom. The largest absolute Gasteiger partial charge is 0.494 e. The number of hydrogen-bond donors (Lipinski definition) is 1. The predicted molar refractivity (Wildman–Crippen MR) is 82.1 cm³/mol. The molecule has 1 aromatic heterocycles. The van der Waals surface area contributed by atoms with E-state index >= 15 is 0 Å². The highest BCUT2D eigenvalue weighted by atomic mass is 16.5. The Bertz CT molecular complexity index is 602. The summed E-state index contributed by atoms with van der Waals surface area (Å²) in [6, 6.07) is 4.24. The second-order valence-electron chi connectivity index (χ2n) is 5.02. The predicted octanol–water partition coefficient (Wildman–Crippen LogP) is 2.83. The maximum atomic E-state index is 5.63. The number of hydrogen-bond acceptors (Lipinski definition) is 3. The van der Waals surface area contributed by atoms with Gasteiger partial charge in [0, 0.05) is 24.8 Å². The summed E-state index contributed by atoms with van der Waals surface area (Å²) < 4.78 is 7.73. The average Bonchev–Trinajstić information content (AvgIpc) is 2.76. The van der Waals surface area contributed by atoms with Crippen LogP contribution in [0.25, 0.3) is 11.3 Å². The third kappa shape index (κ3) is 2.85. The van der Waals surface area contributed by atoms with E-state index in [-0.39, 0.29) is 0 Å². The van der Waals surface area contributed by atoms with Crippen molar-refractivity contribution in [2.24, 2.45) is 5.73 Å². The van der Waals surface area contributed by atoms with Crippen LogP contribution in [0.5, 0.6) is 5.75 Å². The summed E-state index contributed by atoms with van der Waals surface area (Å²) in [7, 11) is 0. The Balaban J connectivity index is 2.42. The molecule has 108 valence electrons. The summed E-state index contributed by atoms with van der Waals surface area (Å²) >= 11 is 0. The Morgan fingerprint density at radius 1 is 1.20 bits per heavy atom. The summed E-state index contributed by atoms with van der Waals surface area (Å²) in [6.45, 7) is 10.3. The van der Waals surface area contributed by atoms with E-state index in [2.05, 4.69) is 41.7 Å². The molecule has 0 saturated carbocycles. The molecule has 0 saturated heterocycles. The van der Waals surface area contributed by atoms with Crippen LogP contribution in [0.4, 0.5) is 0 Å². The van der Waals surface area contributed by atoms with E-state index in [1.165, 1.54) is 5.56 Å². The molecule has 0 unspecified atom stereocenters. The van der Waals surface area contributed by atoms with Gasteiger partial charge in [-0.2, -0.15) is 0 Å². The van der Waals surface area contributed by atoms with Gasteiger partial charge in [0.05, 0.1) is 12.3 Å². The minimum atomic E-state index is 0.623. The van der Waals surface area contributed by atoms with Gasteiger partial charge in [0.2, 0.25) is 0 Å². The van der Waals surface area contributed by atoms with Crippen LogP contribution in [0.15, 0.2) is 18.3 Å². The molecule has 0 bridgehead atoms. The van der Waals surface area contributed by atoms with Crippen LogP contribution >= 0.6 is 0 Å². The summed E-state index contributed by atoms with van der Waals surface area (Å²) in [5.74, 6) is 1.95. The number of nitrogens with two attached hydrogens (primary N) is 1. The van der Waals surface area contributed by atoms with Crippen molar-refractivity contribution < 1.29 is 4.74 Å². The first-order chi connectivity index (χ1) is 9.56. The highest BCUT2D eigenvalue weighted by Crippen LogP contribution is 2.29. The average molecular weight is 273 g/mol. The van der Waals surface area contributed by atoms with Crippen molar-refractivity contribution in [3.8, 4) is 17.0 Å². The first-order valence-corrected chi connectivity index (χ1v) is 7.05. The molecule has 0 spiro atoms. The molecule has 0 aliphatic rings. The molecule has 0 amide bonds. The van der Waals surface area contributed by atoms with Crippen LogP contribution in [0.1, 0.15) is 23.9 Å². The number of nitrogens with zero attached hydrogens (tertiary/aromatic N) is 2. The molecule has 2 aromatic rings. The molecule has 1 aromatic carbocycles. The SMILES string of the molecule is CCOc1cc(C)c(-c2cn(CCN)c(C)n2)cc1C. The number of aromatic nitrogens is 2. The van der Waals surface area contributed by atoms with Gasteiger partial charge in [-0.15, -0.1) is 0 Å². The molecule has 20 heavy (non-hydrogen) atoms. The Hall–Kier alpha value is -1.81. The van der Waals surface area contributed by atoms with Crippen molar-refractivity contribution in [1.29, 1.82) is 0 Å². The number of rotatable bonds is 5. The summed E-state index contributed by atoms with van der Waals surface area (Å²) in [6.07, 6.45) is 2.07. The molecule has 4 heteroatoms. The van der Waals surface area contributed by atoms with Crippen molar-refractivity contribution in [3.63, 3.8) is 0 Å². The smallest absolute Gasteiger partial charge is 0.122 e. The number of ether oxygens (including phenoxy) is 1. The highest BCUT2D eigenvalue weighted by molar-refractivity contribution is 5.66. The van der Waals surface area contributed by atoms with Crippen LogP contribution in [0, 0.1) is 20.8 Å². The number of aryl methyl sites for hydroxylation is 3. The molecule has 0 atom stereocenters. The zero-order chi connectivity index (χ0) is 14.7. The summed E-state index contributed by atoms with van der Waals surface area (Å²) in [5, 5.41) is 0. The van der Waals surface area contributed by atoms with Crippen LogP contribution in [-0.4, -0.2) is 22.7 Å². The molecule has 2 rings (SSSR count). The lowest BCUT2D eigenvalue weighted by atomic mass is 10.0. The molecule has 0 aliphatic heterocycles. The van der Waals surface area contributed by atoms with E-state index in [9.17, 15) is 0 Å². The number of benzene rings is 1. The van der Waals surface area contributed by atoms with E-state index in [0.29, 0.717) is 13.2 Å². The lowest BCUT2D eigenvalue weighted by molar-refractivity contribution is 0.337. The van der Waals surface area contributed by atoms with Gasteiger partial charge in [0.1, 0.15) is 11.6 Å². The molecular weight excluding hydrogens is 250 g/mol. The molecule has 0 aliphatic carbocycles. The van der Waals surface area contributed by atoms with Crippen molar-refractivity contribution in [2.45, 2.75) is 34.2 Å². The third-order valence-electron chi connectivity index (χ3n) is 3.44. The quantitative estimate of drug-likeness (QED) is 0.911. The number of imidazole rings is 1. The lowest BCUT2D eigenvalue weighted by Crippen LogP contribution is -2.10. The van der Waals surface area contributed by atoms with E-state index in [1.54, 1.807) is 0 Å². The second kappa shape index (κ2) is 6.09. The fourth-order valence-corrected chi connectivity index (χ4v) is 2.38. The van der Waals surface area contributed by atoms with E-state index in [4.69, 9.17) is 10.5 Å². The Kier molecular flexibility index (Phi) is 4.45. The molecule has 1 heterocycles. The topological polar surface area (TPSA) is 53.1 Å². The molecule has 2 N–H and O–H groups in total. The van der Waals surface area contributed by atoms with Gasteiger partial charge in [-0.3, -0.25) is 0 Å². The molecule has 4 nitrogen and oxygen atoms in total. The Labute approximate surface area is 120 Å².